The number of likely N-dealkylation sites (tertiary alicyclic amines) is 1. The van der Waals surface area contributed by atoms with Gasteiger partial charge in [0.2, 0.25) is 0 Å². The molecule has 2 unspecified atom stereocenters. The largest absolute Gasteiger partial charge is 0.389 e. The van der Waals surface area contributed by atoms with Gasteiger partial charge in [0.15, 0.2) is 0 Å². The van der Waals surface area contributed by atoms with E-state index in [4.69, 9.17) is 4.74 Å². The molecule has 2 atom stereocenters. The van der Waals surface area contributed by atoms with Gasteiger partial charge in [-0.2, -0.15) is 0 Å². The van der Waals surface area contributed by atoms with Crippen LogP contribution in [0.4, 0.5) is 0 Å². The lowest BCUT2D eigenvalue weighted by Gasteiger charge is -2.37. The maximum atomic E-state index is 9.93. The molecule has 0 amide bonds. The molecule has 0 aromatic rings. The average Bonchev–Trinajstić information content (AvgIpc) is 2.38. The SMILES string of the molecule is CCCNCC1CCCCN1CC(O)COCC. The monoisotopic (exact) mass is 258 g/mol. The first-order valence-electron chi connectivity index (χ1n) is 7.48. The number of ether oxygens (including phenoxy) is 1. The maximum absolute atomic E-state index is 9.93. The summed E-state index contributed by atoms with van der Waals surface area (Å²) in [6.07, 6.45) is 4.65. The van der Waals surface area contributed by atoms with E-state index in [1.54, 1.807) is 0 Å². The molecule has 1 heterocycles. The van der Waals surface area contributed by atoms with Gasteiger partial charge in [-0.15, -0.1) is 0 Å². The van der Waals surface area contributed by atoms with Crippen molar-refractivity contribution in [3.05, 3.63) is 0 Å². The van der Waals surface area contributed by atoms with Crippen molar-refractivity contribution in [2.45, 2.75) is 51.7 Å². The average molecular weight is 258 g/mol. The summed E-state index contributed by atoms with van der Waals surface area (Å²) >= 11 is 0. The smallest absolute Gasteiger partial charge is 0.0900 e. The standard InChI is InChI=1S/C14H30N2O2/c1-3-8-15-10-13-7-5-6-9-16(13)11-14(17)12-18-4-2/h13-15,17H,3-12H2,1-2H3. The third-order valence-corrected chi connectivity index (χ3v) is 3.52. The van der Waals surface area contributed by atoms with Gasteiger partial charge in [0.05, 0.1) is 12.7 Å². The normalized spacial score (nSPS) is 23.2. The quantitative estimate of drug-likeness (QED) is 0.611. The Hall–Kier alpha value is -0.160. The Kier molecular flexibility index (Phi) is 8.59. The Morgan fingerprint density at radius 3 is 2.94 bits per heavy atom. The van der Waals surface area contributed by atoms with Crippen molar-refractivity contribution < 1.29 is 9.84 Å². The number of hydrogen-bond donors (Lipinski definition) is 2. The van der Waals surface area contributed by atoms with Crippen molar-refractivity contribution in [1.29, 1.82) is 0 Å². The van der Waals surface area contributed by atoms with E-state index >= 15 is 0 Å². The van der Waals surface area contributed by atoms with Gasteiger partial charge in [0.1, 0.15) is 0 Å². The number of piperidine rings is 1. The highest BCUT2D eigenvalue weighted by atomic mass is 16.5. The van der Waals surface area contributed by atoms with Gasteiger partial charge in [-0.1, -0.05) is 13.3 Å². The summed E-state index contributed by atoms with van der Waals surface area (Å²) in [5.74, 6) is 0. The fourth-order valence-corrected chi connectivity index (χ4v) is 2.55. The molecule has 1 aliphatic rings. The van der Waals surface area contributed by atoms with Crippen LogP contribution >= 0.6 is 0 Å². The van der Waals surface area contributed by atoms with Crippen molar-refractivity contribution in [3.63, 3.8) is 0 Å². The third-order valence-electron chi connectivity index (χ3n) is 3.52. The zero-order valence-electron chi connectivity index (χ0n) is 12.0. The fraction of sp³-hybridized carbons (Fsp3) is 1.00. The predicted octanol–water partition coefficient (Wildman–Crippen LogP) is 1.24. The lowest BCUT2D eigenvalue weighted by atomic mass is 10.0. The van der Waals surface area contributed by atoms with Crippen molar-refractivity contribution in [2.75, 3.05) is 39.4 Å². The van der Waals surface area contributed by atoms with E-state index in [2.05, 4.69) is 17.1 Å². The van der Waals surface area contributed by atoms with Gasteiger partial charge in [0.25, 0.3) is 0 Å². The summed E-state index contributed by atoms with van der Waals surface area (Å²) in [4.78, 5) is 2.43. The Bertz CT molecular complexity index is 202. The van der Waals surface area contributed by atoms with Crippen molar-refractivity contribution in [2.24, 2.45) is 0 Å². The van der Waals surface area contributed by atoms with Gasteiger partial charge in [-0.05, 0) is 39.3 Å². The van der Waals surface area contributed by atoms with E-state index in [1.807, 2.05) is 6.92 Å². The molecule has 1 saturated heterocycles. The molecule has 4 heteroatoms. The molecule has 0 aliphatic carbocycles. The van der Waals surface area contributed by atoms with Crippen LogP contribution in [0.3, 0.4) is 0 Å². The third kappa shape index (κ3) is 6.14. The van der Waals surface area contributed by atoms with Gasteiger partial charge >= 0.3 is 0 Å². The van der Waals surface area contributed by atoms with Gasteiger partial charge in [0, 0.05) is 25.7 Å². The predicted molar refractivity (Wildman–Crippen MR) is 74.9 cm³/mol. The summed E-state index contributed by atoms with van der Waals surface area (Å²) in [5.41, 5.74) is 0. The van der Waals surface area contributed by atoms with E-state index in [1.165, 1.54) is 25.7 Å². The lowest BCUT2D eigenvalue weighted by Crippen LogP contribution is -2.49. The van der Waals surface area contributed by atoms with Crippen LogP contribution in [-0.2, 0) is 4.74 Å². The first-order chi connectivity index (χ1) is 8.77. The van der Waals surface area contributed by atoms with Crippen molar-refractivity contribution >= 4 is 0 Å². The molecule has 0 bridgehead atoms. The maximum Gasteiger partial charge on any atom is 0.0900 e. The van der Waals surface area contributed by atoms with Crippen LogP contribution in [0.15, 0.2) is 0 Å². The van der Waals surface area contributed by atoms with Crippen LogP contribution in [0.25, 0.3) is 0 Å². The zero-order valence-corrected chi connectivity index (χ0v) is 12.0. The fourth-order valence-electron chi connectivity index (χ4n) is 2.55. The number of aliphatic hydroxyl groups is 1. The molecule has 4 nitrogen and oxygen atoms in total. The molecular formula is C14H30N2O2. The number of aliphatic hydroxyl groups excluding tert-OH is 1. The molecule has 0 aromatic carbocycles. The van der Waals surface area contributed by atoms with Crippen LogP contribution in [0.1, 0.15) is 39.5 Å². The Balaban J connectivity index is 2.29. The van der Waals surface area contributed by atoms with E-state index in [9.17, 15) is 5.11 Å². The molecule has 1 rings (SSSR count). The van der Waals surface area contributed by atoms with Gasteiger partial charge in [-0.3, -0.25) is 4.90 Å². The zero-order chi connectivity index (χ0) is 13.2. The van der Waals surface area contributed by atoms with Crippen LogP contribution in [0.5, 0.6) is 0 Å². The summed E-state index contributed by atoms with van der Waals surface area (Å²) in [7, 11) is 0. The summed E-state index contributed by atoms with van der Waals surface area (Å²) in [6.45, 7) is 9.30. The molecule has 18 heavy (non-hydrogen) atoms. The highest BCUT2D eigenvalue weighted by Gasteiger charge is 2.23. The van der Waals surface area contributed by atoms with Crippen LogP contribution < -0.4 is 5.32 Å². The van der Waals surface area contributed by atoms with E-state index in [0.29, 0.717) is 19.3 Å². The number of rotatable bonds is 9. The van der Waals surface area contributed by atoms with Gasteiger partial charge < -0.3 is 15.2 Å². The number of β-amino-alcohol motifs (C(OH)–C–C–N with tert-alkyl or cyclic N) is 1. The van der Waals surface area contributed by atoms with Crippen molar-refractivity contribution in [3.8, 4) is 0 Å². The Morgan fingerprint density at radius 2 is 2.22 bits per heavy atom. The molecule has 2 N–H and O–H groups in total. The molecule has 1 aliphatic heterocycles. The molecular weight excluding hydrogens is 228 g/mol. The number of nitrogens with one attached hydrogen (secondary N) is 1. The second kappa shape index (κ2) is 9.73. The van der Waals surface area contributed by atoms with Crippen LogP contribution in [0, 0.1) is 0 Å². The second-order valence-corrected chi connectivity index (χ2v) is 5.16. The molecule has 0 spiro atoms. The Morgan fingerprint density at radius 1 is 1.39 bits per heavy atom. The molecule has 0 aromatic heterocycles. The minimum atomic E-state index is -0.350. The molecule has 0 radical (unpaired) electrons. The van der Waals surface area contributed by atoms with Crippen molar-refractivity contribution in [1.82, 2.24) is 10.2 Å². The lowest BCUT2D eigenvalue weighted by molar-refractivity contribution is 0.00571. The van der Waals surface area contributed by atoms with Crippen LogP contribution in [-0.4, -0.2) is 61.5 Å². The first kappa shape index (κ1) is 15.9. The summed E-state index contributed by atoms with van der Waals surface area (Å²) < 4.78 is 5.28. The molecule has 108 valence electrons. The van der Waals surface area contributed by atoms with E-state index in [-0.39, 0.29) is 6.10 Å². The number of hydrogen-bond acceptors (Lipinski definition) is 4. The van der Waals surface area contributed by atoms with E-state index < -0.39 is 0 Å². The molecule has 1 fully saturated rings. The minimum Gasteiger partial charge on any atom is -0.389 e. The number of nitrogens with zero attached hydrogens (tertiary/aromatic N) is 1. The second-order valence-electron chi connectivity index (χ2n) is 5.16. The summed E-state index contributed by atoms with van der Waals surface area (Å²) in [5, 5.41) is 13.4. The highest BCUT2D eigenvalue weighted by molar-refractivity contribution is 4.80. The summed E-state index contributed by atoms with van der Waals surface area (Å²) in [6, 6.07) is 0.585. The topological polar surface area (TPSA) is 44.7 Å². The highest BCUT2D eigenvalue weighted by Crippen LogP contribution is 2.16. The van der Waals surface area contributed by atoms with Gasteiger partial charge in [-0.25, -0.2) is 0 Å². The van der Waals surface area contributed by atoms with E-state index in [0.717, 1.165) is 26.2 Å². The minimum absolute atomic E-state index is 0.350. The Labute approximate surface area is 112 Å². The van der Waals surface area contributed by atoms with Crippen LogP contribution in [0.2, 0.25) is 0 Å². The first-order valence-corrected chi connectivity index (χ1v) is 7.48. The molecule has 0 saturated carbocycles.